The smallest absolute Gasteiger partial charge is 0.164 e. The van der Waals surface area contributed by atoms with Crippen LogP contribution in [0.15, 0.2) is 158 Å². The van der Waals surface area contributed by atoms with Gasteiger partial charge in [0.1, 0.15) is 0 Å². The van der Waals surface area contributed by atoms with E-state index in [1.807, 2.05) is 70.5 Å². The van der Waals surface area contributed by atoms with Crippen molar-refractivity contribution in [1.29, 1.82) is 0 Å². The van der Waals surface area contributed by atoms with Crippen molar-refractivity contribution in [2.24, 2.45) is 0 Å². The normalized spacial score (nSPS) is 12.6. The van der Waals surface area contributed by atoms with E-state index in [2.05, 4.69) is 121 Å². The van der Waals surface area contributed by atoms with Gasteiger partial charge < -0.3 is 0 Å². The topological polar surface area (TPSA) is 87.2 Å². The van der Waals surface area contributed by atoms with E-state index in [-0.39, 0.29) is 0 Å². The van der Waals surface area contributed by atoms with E-state index >= 15 is 0 Å². The molecule has 0 bridgehead atoms. The van der Waals surface area contributed by atoms with Crippen molar-refractivity contribution in [2.45, 2.75) is 39.5 Å². The summed E-state index contributed by atoms with van der Waals surface area (Å²) < 4.78 is 3.96. The van der Waals surface area contributed by atoms with Crippen molar-refractivity contribution in [3.05, 3.63) is 192 Å². The second kappa shape index (κ2) is 14.7. The molecule has 288 valence electrons. The van der Waals surface area contributed by atoms with Gasteiger partial charge in [-0.05, 0) is 121 Å². The first-order chi connectivity index (χ1) is 29.6. The molecule has 0 saturated heterocycles. The third-order valence-corrected chi connectivity index (χ3v) is 11.9. The van der Waals surface area contributed by atoms with E-state index in [9.17, 15) is 0 Å². The summed E-state index contributed by atoms with van der Waals surface area (Å²) in [7, 11) is 0. The van der Waals surface area contributed by atoms with Crippen LogP contribution >= 0.6 is 0 Å². The number of aryl methyl sites for hydroxylation is 6. The summed E-state index contributed by atoms with van der Waals surface area (Å²) in [4.78, 5) is 18.9. The molecule has 2 aliphatic rings. The van der Waals surface area contributed by atoms with Crippen LogP contribution < -0.4 is 0 Å². The Morgan fingerprint density at radius 1 is 0.400 bits per heavy atom. The van der Waals surface area contributed by atoms with Gasteiger partial charge in [0.25, 0.3) is 0 Å². The zero-order chi connectivity index (χ0) is 40.2. The lowest BCUT2D eigenvalue weighted by Crippen LogP contribution is -2.09. The highest BCUT2D eigenvalue weighted by Gasteiger charge is 2.28. The highest BCUT2D eigenvalue weighted by atomic mass is 15.3. The lowest BCUT2D eigenvalue weighted by molar-refractivity contribution is 0.859. The van der Waals surface area contributed by atoms with Crippen molar-refractivity contribution < 1.29 is 0 Å². The van der Waals surface area contributed by atoms with Crippen LogP contribution in [0.3, 0.4) is 0 Å². The van der Waals surface area contributed by atoms with Crippen LogP contribution in [0.5, 0.6) is 0 Å². The number of aromatic nitrogens is 8. The van der Waals surface area contributed by atoms with Crippen molar-refractivity contribution in [3.8, 4) is 55.9 Å². The number of fused-ring (bicyclic) bond motifs is 8. The molecule has 6 heterocycles. The minimum atomic E-state index is 0.920. The quantitative estimate of drug-likeness (QED) is 0.177. The zero-order valence-electron chi connectivity index (χ0n) is 33.4. The van der Waals surface area contributed by atoms with Crippen molar-refractivity contribution in [3.63, 3.8) is 0 Å². The Morgan fingerprint density at radius 2 is 0.783 bits per heavy atom. The molecule has 10 aromatic rings. The molecule has 60 heavy (non-hydrogen) atoms. The predicted octanol–water partition coefficient (Wildman–Crippen LogP) is 11.1. The van der Waals surface area contributed by atoms with Crippen molar-refractivity contribution >= 4 is 22.1 Å². The fraction of sp³-hybridized carbons (Fsp3) is 0.115. The molecule has 0 aliphatic heterocycles. The van der Waals surface area contributed by atoms with E-state index in [4.69, 9.17) is 20.2 Å². The maximum atomic E-state index is 5.18. The first kappa shape index (κ1) is 35.6. The van der Waals surface area contributed by atoms with Crippen LogP contribution in [0.25, 0.3) is 77.9 Å². The molecule has 0 atom stereocenters. The molecule has 0 saturated carbocycles. The Hall–Kier alpha value is -7.58. The molecule has 12 rings (SSSR count). The van der Waals surface area contributed by atoms with Gasteiger partial charge in [-0.3, -0.25) is 9.97 Å². The summed E-state index contributed by atoms with van der Waals surface area (Å²) in [5.74, 6) is 0. The highest BCUT2D eigenvalue weighted by molar-refractivity contribution is 6.06. The number of hydrogen-bond donors (Lipinski definition) is 0. The Bertz CT molecular complexity index is 2990. The van der Waals surface area contributed by atoms with Gasteiger partial charge in [0.2, 0.25) is 0 Å². The molecule has 6 aromatic heterocycles. The molecule has 0 radical (unpaired) electrons. The van der Waals surface area contributed by atoms with Crippen LogP contribution in [-0.2, 0) is 25.7 Å². The Morgan fingerprint density at radius 3 is 1.20 bits per heavy atom. The molecular weight excluding hydrogens is 737 g/mol. The van der Waals surface area contributed by atoms with Gasteiger partial charge in [-0.15, -0.1) is 0 Å². The van der Waals surface area contributed by atoms with Gasteiger partial charge in [0.15, 0.2) is 11.3 Å². The zero-order valence-corrected chi connectivity index (χ0v) is 33.4. The van der Waals surface area contributed by atoms with Gasteiger partial charge in [-0.25, -0.2) is 19.3 Å². The number of pyridine rings is 4. The molecule has 2 aliphatic carbocycles. The first-order valence-corrected chi connectivity index (χ1v) is 20.5. The maximum Gasteiger partial charge on any atom is 0.164 e. The molecule has 0 N–H and O–H groups in total. The average molecular weight is 777 g/mol. The molecular formula is C52H40N8. The molecule has 4 aromatic carbocycles. The van der Waals surface area contributed by atoms with Gasteiger partial charge in [-0.1, -0.05) is 84.9 Å². The minimum Gasteiger partial charge on any atom is -0.265 e. The fourth-order valence-corrected chi connectivity index (χ4v) is 9.25. The summed E-state index contributed by atoms with van der Waals surface area (Å²) in [6.07, 6.45) is 11.3. The summed E-state index contributed by atoms with van der Waals surface area (Å²) in [5.41, 5.74) is 20.7. The lowest BCUT2D eigenvalue weighted by Gasteiger charge is -2.23. The molecule has 8 nitrogen and oxygen atoms in total. The van der Waals surface area contributed by atoms with Crippen molar-refractivity contribution in [2.75, 3.05) is 0 Å². The van der Waals surface area contributed by atoms with E-state index in [1.54, 1.807) is 0 Å². The summed E-state index contributed by atoms with van der Waals surface area (Å²) in [6, 6.07) is 46.3. The van der Waals surface area contributed by atoms with Crippen LogP contribution in [-0.4, -0.2) is 39.5 Å². The predicted molar refractivity (Wildman–Crippen MR) is 239 cm³/mol. The number of nitrogens with zero attached hydrogens (tertiary/aromatic N) is 8. The molecule has 0 fully saturated rings. The highest BCUT2D eigenvalue weighted by Crippen LogP contribution is 2.46. The van der Waals surface area contributed by atoms with Crippen LogP contribution in [0.4, 0.5) is 0 Å². The van der Waals surface area contributed by atoms with Crippen LogP contribution in [0, 0.1) is 13.8 Å². The van der Waals surface area contributed by atoms with Gasteiger partial charge in [0, 0.05) is 47.0 Å². The third kappa shape index (κ3) is 5.90. The Balaban J connectivity index is 0.000000136. The average Bonchev–Trinajstić information content (AvgIpc) is 3.83. The number of benzene rings is 4. The Kier molecular flexibility index (Phi) is 8.69. The summed E-state index contributed by atoms with van der Waals surface area (Å²) >= 11 is 0. The molecule has 8 heteroatoms. The van der Waals surface area contributed by atoms with Crippen molar-refractivity contribution in [1.82, 2.24) is 39.5 Å². The fourth-order valence-electron chi connectivity index (χ4n) is 9.25. The van der Waals surface area contributed by atoms with Crippen LogP contribution in [0.1, 0.15) is 33.9 Å². The summed E-state index contributed by atoms with van der Waals surface area (Å²) in [5, 5.41) is 12.0. The third-order valence-electron chi connectivity index (χ3n) is 11.9. The lowest BCUT2D eigenvalue weighted by atomic mass is 9.83. The largest absolute Gasteiger partial charge is 0.265 e. The standard InChI is InChI=1S/2C26H20N4/c2*1-17-23-24(19-13-15-27-16-14-19)25-21-10-6-5-7-18(21)11-12-22(25)28-26(23)30(29-17)20-8-3-2-4-9-20/h2*2-10,13-16H,11-12H2,1H3. The number of rotatable bonds is 4. The van der Waals surface area contributed by atoms with Gasteiger partial charge in [0.05, 0.1) is 44.9 Å². The number of hydrogen-bond acceptors (Lipinski definition) is 6. The Labute approximate surface area is 347 Å². The SMILES string of the molecule is Cc1nn(-c2ccccc2)c2nc3c(c(-c4ccncc4)c12)-c1ccccc1CC3.Cc1nn(-c2ccccc2)c2nc3c(c(-c4ccncc4)c12)-c1ccccc1CC3. The van der Waals surface area contributed by atoms with Crippen LogP contribution in [0.2, 0.25) is 0 Å². The van der Waals surface area contributed by atoms with Gasteiger partial charge in [-0.2, -0.15) is 10.2 Å². The van der Waals surface area contributed by atoms with Gasteiger partial charge >= 0.3 is 0 Å². The monoisotopic (exact) mass is 776 g/mol. The van der Waals surface area contributed by atoms with E-state index in [0.29, 0.717) is 0 Å². The summed E-state index contributed by atoms with van der Waals surface area (Å²) in [6.45, 7) is 4.16. The molecule has 0 unspecified atom stereocenters. The molecule has 0 amide bonds. The second-order valence-electron chi connectivity index (χ2n) is 15.5. The number of para-hydroxylation sites is 2. The maximum absolute atomic E-state index is 5.18. The minimum absolute atomic E-state index is 0.920. The van der Waals surface area contributed by atoms with E-state index < -0.39 is 0 Å². The first-order valence-electron chi connectivity index (χ1n) is 20.5. The van der Waals surface area contributed by atoms with E-state index in [1.165, 1.54) is 44.5 Å². The van der Waals surface area contributed by atoms with E-state index in [0.717, 1.165) is 93.0 Å². The molecule has 0 spiro atoms. The second-order valence-corrected chi connectivity index (χ2v) is 15.5.